The Morgan fingerprint density at radius 2 is 1.82 bits per heavy atom. The number of aryl methyl sites for hydroxylation is 1. The number of rotatable bonds is 7. The summed E-state index contributed by atoms with van der Waals surface area (Å²) in [4.78, 5) is 11.9. The van der Waals surface area contributed by atoms with Crippen LogP contribution >= 0.6 is 0 Å². The average molecular weight is 406 g/mol. The zero-order valence-electron chi connectivity index (χ0n) is 15.4. The number of nitrogens with zero attached hydrogens (tertiary/aromatic N) is 1. The SMILES string of the molecule is O=C(NCCCc1ccccc1)c1ccc(F)c(S(=O)(=O)N2CCOCC2)c1. The number of carbonyl (C=O) groups is 1. The molecular formula is C20H23FN2O4S. The predicted molar refractivity (Wildman–Crippen MR) is 103 cm³/mol. The first-order valence-electron chi connectivity index (χ1n) is 9.18. The van der Waals surface area contributed by atoms with Crippen molar-refractivity contribution in [3.05, 3.63) is 65.5 Å². The van der Waals surface area contributed by atoms with Gasteiger partial charge in [-0.25, -0.2) is 12.8 Å². The van der Waals surface area contributed by atoms with Crippen LogP contribution in [0.3, 0.4) is 0 Å². The van der Waals surface area contributed by atoms with Crippen LogP contribution in [-0.4, -0.2) is 51.5 Å². The lowest BCUT2D eigenvalue weighted by molar-refractivity contribution is 0.0729. The number of amides is 1. The Kier molecular flexibility index (Phi) is 6.77. The number of benzene rings is 2. The number of nitrogens with one attached hydrogen (secondary N) is 1. The van der Waals surface area contributed by atoms with Crippen molar-refractivity contribution in [2.75, 3.05) is 32.8 Å². The largest absolute Gasteiger partial charge is 0.379 e. The Bertz CT molecular complexity index is 913. The Labute approximate surface area is 164 Å². The highest BCUT2D eigenvalue weighted by Crippen LogP contribution is 2.22. The molecule has 3 rings (SSSR count). The molecule has 2 aromatic rings. The summed E-state index contributed by atoms with van der Waals surface area (Å²) in [5, 5.41) is 2.76. The van der Waals surface area contributed by atoms with E-state index in [1.165, 1.54) is 15.9 Å². The molecule has 6 nitrogen and oxygen atoms in total. The topological polar surface area (TPSA) is 75.7 Å². The van der Waals surface area contributed by atoms with Crippen molar-refractivity contribution in [3.63, 3.8) is 0 Å². The maximum Gasteiger partial charge on any atom is 0.251 e. The molecule has 2 aromatic carbocycles. The molecule has 0 aliphatic carbocycles. The lowest BCUT2D eigenvalue weighted by Crippen LogP contribution is -2.41. The van der Waals surface area contributed by atoms with E-state index in [0.29, 0.717) is 6.54 Å². The molecule has 8 heteroatoms. The molecule has 0 bridgehead atoms. The van der Waals surface area contributed by atoms with Crippen molar-refractivity contribution in [2.24, 2.45) is 0 Å². The summed E-state index contributed by atoms with van der Waals surface area (Å²) >= 11 is 0. The predicted octanol–water partition coefficient (Wildman–Crippen LogP) is 2.21. The van der Waals surface area contributed by atoms with E-state index in [0.717, 1.165) is 25.0 Å². The lowest BCUT2D eigenvalue weighted by Gasteiger charge is -2.26. The molecule has 0 radical (unpaired) electrons. The number of ether oxygens (including phenoxy) is 1. The first kappa shape index (κ1) is 20.4. The van der Waals surface area contributed by atoms with Gasteiger partial charge >= 0.3 is 0 Å². The van der Waals surface area contributed by atoms with Crippen LogP contribution in [0.1, 0.15) is 22.3 Å². The maximum absolute atomic E-state index is 14.2. The molecule has 0 spiro atoms. The van der Waals surface area contributed by atoms with E-state index in [9.17, 15) is 17.6 Å². The van der Waals surface area contributed by atoms with Crippen LogP contribution in [0.15, 0.2) is 53.4 Å². The second-order valence-corrected chi connectivity index (χ2v) is 8.41. The zero-order valence-corrected chi connectivity index (χ0v) is 16.3. The summed E-state index contributed by atoms with van der Waals surface area (Å²) < 4.78 is 45.9. The summed E-state index contributed by atoms with van der Waals surface area (Å²) in [6.07, 6.45) is 1.57. The average Bonchev–Trinajstić information content (AvgIpc) is 2.72. The maximum atomic E-state index is 14.2. The van der Waals surface area contributed by atoms with E-state index in [-0.39, 0.29) is 31.9 Å². The van der Waals surface area contributed by atoms with Gasteiger partial charge in [-0.1, -0.05) is 30.3 Å². The summed E-state index contributed by atoms with van der Waals surface area (Å²) in [6, 6.07) is 13.3. The minimum atomic E-state index is -4.01. The molecule has 0 aromatic heterocycles. The Morgan fingerprint density at radius 1 is 1.11 bits per heavy atom. The molecular weight excluding hydrogens is 383 g/mol. The fraction of sp³-hybridized carbons (Fsp3) is 0.350. The van der Waals surface area contributed by atoms with Gasteiger partial charge in [-0.15, -0.1) is 0 Å². The first-order chi connectivity index (χ1) is 13.5. The zero-order chi connectivity index (χ0) is 20.0. The summed E-state index contributed by atoms with van der Waals surface area (Å²) in [5.74, 6) is -1.29. The smallest absolute Gasteiger partial charge is 0.251 e. The highest BCUT2D eigenvalue weighted by Gasteiger charge is 2.29. The fourth-order valence-electron chi connectivity index (χ4n) is 3.01. The highest BCUT2D eigenvalue weighted by molar-refractivity contribution is 7.89. The molecule has 0 atom stereocenters. The van der Waals surface area contributed by atoms with Crippen molar-refractivity contribution in [1.82, 2.24) is 9.62 Å². The molecule has 1 aliphatic heterocycles. The van der Waals surface area contributed by atoms with Gasteiger partial charge in [-0.3, -0.25) is 4.79 Å². The molecule has 1 aliphatic rings. The standard InChI is InChI=1S/C20H23FN2O4S/c21-18-9-8-17(15-19(18)28(25,26)23-11-13-27-14-12-23)20(24)22-10-4-7-16-5-2-1-3-6-16/h1-3,5-6,8-9,15H,4,7,10-14H2,(H,22,24). The van der Waals surface area contributed by atoms with E-state index in [2.05, 4.69) is 5.32 Å². The van der Waals surface area contributed by atoms with Gasteiger partial charge in [0.25, 0.3) is 5.91 Å². The molecule has 0 unspecified atom stereocenters. The number of sulfonamides is 1. The van der Waals surface area contributed by atoms with Crippen LogP contribution in [0.4, 0.5) is 4.39 Å². The van der Waals surface area contributed by atoms with Gasteiger partial charge in [0.2, 0.25) is 10.0 Å². The van der Waals surface area contributed by atoms with E-state index < -0.39 is 26.6 Å². The second kappa shape index (κ2) is 9.27. The van der Waals surface area contributed by atoms with Crippen LogP contribution in [0.5, 0.6) is 0 Å². The minimum Gasteiger partial charge on any atom is -0.379 e. The van der Waals surface area contributed by atoms with Crippen molar-refractivity contribution < 1.29 is 22.3 Å². The van der Waals surface area contributed by atoms with E-state index in [1.54, 1.807) is 0 Å². The van der Waals surface area contributed by atoms with Gasteiger partial charge < -0.3 is 10.1 Å². The van der Waals surface area contributed by atoms with E-state index in [1.807, 2.05) is 30.3 Å². The number of hydrogen-bond acceptors (Lipinski definition) is 4. The third-order valence-corrected chi connectivity index (χ3v) is 6.47. The Balaban J connectivity index is 1.64. The molecule has 1 N–H and O–H groups in total. The normalized spacial score (nSPS) is 15.3. The van der Waals surface area contributed by atoms with Gasteiger partial charge in [0.1, 0.15) is 10.7 Å². The molecule has 1 heterocycles. The summed E-state index contributed by atoms with van der Waals surface area (Å²) in [5.41, 5.74) is 1.30. The lowest BCUT2D eigenvalue weighted by atomic mass is 10.1. The Morgan fingerprint density at radius 3 is 2.54 bits per heavy atom. The van der Waals surface area contributed by atoms with Crippen LogP contribution in [0, 0.1) is 5.82 Å². The van der Waals surface area contributed by atoms with Crippen LogP contribution in [0.25, 0.3) is 0 Å². The number of hydrogen-bond donors (Lipinski definition) is 1. The van der Waals surface area contributed by atoms with Crippen LogP contribution in [-0.2, 0) is 21.2 Å². The molecule has 0 saturated carbocycles. The van der Waals surface area contributed by atoms with Crippen molar-refractivity contribution in [2.45, 2.75) is 17.7 Å². The Hall–Kier alpha value is -2.29. The molecule has 28 heavy (non-hydrogen) atoms. The molecule has 1 saturated heterocycles. The molecule has 150 valence electrons. The van der Waals surface area contributed by atoms with E-state index >= 15 is 0 Å². The number of halogens is 1. The summed E-state index contributed by atoms with van der Waals surface area (Å²) in [7, 11) is -4.01. The molecule has 1 amide bonds. The van der Waals surface area contributed by atoms with Gasteiger partial charge in [0, 0.05) is 25.2 Å². The van der Waals surface area contributed by atoms with E-state index in [4.69, 9.17) is 4.74 Å². The molecule has 1 fully saturated rings. The van der Waals surface area contributed by atoms with Gasteiger partial charge in [-0.2, -0.15) is 4.31 Å². The van der Waals surface area contributed by atoms with Gasteiger partial charge in [0.05, 0.1) is 13.2 Å². The van der Waals surface area contributed by atoms with Gasteiger partial charge in [-0.05, 0) is 36.6 Å². The second-order valence-electron chi connectivity index (χ2n) is 6.51. The van der Waals surface area contributed by atoms with Crippen molar-refractivity contribution in [3.8, 4) is 0 Å². The number of carbonyl (C=O) groups excluding carboxylic acids is 1. The quantitative estimate of drug-likeness (QED) is 0.716. The van der Waals surface area contributed by atoms with Crippen molar-refractivity contribution in [1.29, 1.82) is 0 Å². The fourth-order valence-corrected chi connectivity index (χ4v) is 4.51. The summed E-state index contributed by atoms with van der Waals surface area (Å²) in [6.45, 7) is 1.30. The third-order valence-electron chi connectivity index (χ3n) is 4.55. The number of morpholine rings is 1. The monoisotopic (exact) mass is 406 g/mol. The van der Waals surface area contributed by atoms with Crippen molar-refractivity contribution >= 4 is 15.9 Å². The minimum absolute atomic E-state index is 0.118. The first-order valence-corrected chi connectivity index (χ1v) is 10.6. The third kappa shape index (κ3) is 4.95. The van der Waals surface area contributed by atoms with Crippen LogP contribution < -0.4 is 5.32 Å². The van der Waals surface area contributed by atoms with Crippen LogP contribution in [0.2, 0.25) is 0 Å². The highest BCUT2D eigenvalue weighted by atomic mass is 32.2. The van der Waals surface area contributed by atoms with Gasteiger partial charge in [0.15, 0.2) is 0 Å².